The van der Waals surface area contributed by atoms with E-state index in [9.17, 15) is 14.4 Å². The van der Waals surface area contributed by atoms with Crippen LogP contribution in [0.5, 0.6) is 0 Å². The molecule has 0 spiro atoms. The van der Waals surface area contributed by atoms with Crippen LogP contribution in [0.4, 0.5) is 4.39 Å². The van der Waals surface area contributed by atoms with Gasteiger partial charge in [-0.1, -0.05) is 23.5 Å². The molecule has 2 aromatic rings. The molecule has 3 rings (SSSR count). The van der Waals surface area contributed by atoms with Gasteiger partial charge in [-0.05, 0) is 24.3 Å². The number of thioether (sulfide) groups is 2. The number of allylic oxidation sites excluding steroid dienone is 1. The van der Waals surface area contributed by atoms with Crippen LogP contribution in [0, 0.1) is 39.8 Å². The second-order valence-electron chi connectivity index (χ2n) is 4.57. The van der Waals surface area contributed by atoms with Crippen LogP contribution >= 0.6 is 23.5 Å². The molecule has 0 amide bonds. The van der Waals surface area contributed by atoms with Gasteiger partial charge in [-0.3, -0.25) is 4.79 Å². The minimum atomic E-state index is -0.550. The van der Waals surface area contributed by atoms with E-state index in [1.807, 2.05) is 6.07 Å². The van der Waals surface area contributed by atoms with Gasteiger partial charge in [-0.15, -0.1) is 0 Å². The molecule has 6 nitrogen and oxygen atoms in total. The molecule has 1 aromatic carbocycles. The number of aromatic nitrogens is 2. The van der Waals surface area contributed by atoms with Crippen molar-refractivity contribution in [1.82, 2.24) is 9.97 Å². The minimum absolute atomic E-state index is 0.112. The molecule has 0 N–H and O–H groups in total. The van der Waals surface area contributed by atoms with Gasteiger partial charge in [0.25, 0.3) is 0 Å². The van der Waals surface area contributed by atoms with E-state index >= 15 is 0 Å². The van der Waals surface area contributed by atoms with Crippen molar-refractivity contribution in [1.29, 1.82) is 15.8 Å². The molecule has 1 aliphatic heterocycles. The summed E-state index contributed by atoms with van der Waals surface area (Å²) < 4.78 is 13.3. The molecule has 0 atom stereocenters. The molecule has 9 heteroatoms. The van der Waals surface area contributed by atoms with E-state index in [1.165, 1.54) is 12.1 Å². The number of hydrogen-bond donors (Lipinski definition) is 0. The number of Topliss-reactive ketones (excluding diaryl/α,β-unsaturated/α-hetero) is 1. The number of hydrogen-bond acceptors (Lipinski definition) is 8. The zero-order valence-corrected chi connectivity index (χ0v) is 13.8. The number of rotatable bonds is 2. The number of benzene rings is 1. The van der Waals surface area contributed by atoms with Gasteiger partial charge in [0.15, 0.2) is 11.4 Å². The largest absolute Gasteiger partial charge is 0.288 e. The smallest absolute Gasteiger partial charge is 0.205 e. The normalized spacial score (nSPS) is 11.8. The van der Waals surface area contributed by atoms with Crippen molar-refractivity contribution in [3.8, 4) is 18.2 Å². The van der Waals surface area contributed by atoms with Crippen LogP contribution in [-0.4, -0.2) is 15.8 Å². The summed E-state index contributed by atoms with van der Waals surface area (Å²) in [5.41, 5.74) is -0.171. The van der Waals surface area contributed by atoms with Crippen LogP contribution in [0.2, 0.25) is 0 Å². The van der Waals surface area contributed by atoms with Gasteiger partial charge < -0.3 is 0 Å². The molecule has 0 radical (unpaired) electrons. The van der Waals surface area contributed by atoms with Gasteiger partial charge in [0.2, 0.25) is 5.78 Å². The minimum Gasteiger partial charge on any atom is -0.288 e. The Morgan fingerprint density at radius 2 is 1.48 bits per heavy atom. The number of nitriles is 3. The third-order valence-electron chi connectivity index (χ3n) is 3.07. The zero-order chi connectivity index (χ0) is 18.0. The van der Waals surface area contributed by atoms with E-state index in [-0.39, 0.29) is 22.5 Å². The monoisotopic (exact) mass is 365 g/mol. The predicted molar refractivity (Wildman–Crippen MR) is 86.5 cm³/mol. The molecule has 0 unspecified atom stereocenters. The number of halogens is 1. The lowest BCUT2D eigenvalue weighted by molar-refractivity contribution is 0.103. The second kappa shape index (κ2) is 6.74. The summed E-state index contributed by atoms with van der Waals surface area (Å²) in [4.78, 5) is 20.6. The van der Waals surface area contributed by atoms with Crippen LogP contribution in [-0.2, 0) is 0 Å². The lowest BCUT2D eigenvalue weighted by atomic mass is 10.1. The molecular weight excluding hydrogens is 361 g/mol. The molecule has 25 heavy (non-hydrogen) atoms. The number of carbonyl (C=O) groups excluding carboxylic acids is 1. The summed E-state index contributed by atoms with van der Waals surface area (Å²) in [6, 6.07) is 10.3. The second-order valence-corrected chi connectivity index (χ2v) is 6.83. The molecule has 0 bridgehead atoms. The Morgan fingerprint density at radius 3 is 1.92 bits per heavy atom. The maximum absolute atomic E-state index is 13.0. The Balaban J connectivity index is 2.01. The maximum atomic E-state index is 13.0. The first kappa shape index (κ1) is 16.7. The first-order valence-electron chi connectivity index (χ1n) is 6.60. The summed E-state index contributed by atoms with van der Waals surface area (Å²) in [5, 5.41) is 28.1. The zero-order valence-electron chi connectivity index (χ0n) is 12.1. The van der Waals surface area contributed by atoms with Gasteiger partial charge in [0.05, 0.1) is 4.24 Å². The highest BCUT2D eigenvalue weighted by Crippen LogP contribution is 2.50. The standard InChI is InChI=1S/C16H4FN5OS2/c17-9-3-1-8(2-4-9)13(23)10(5-18)16-24-14-15(25-16)22-12(7-20)11(6-19)21-14/h1-4H. The van der Waals surface area contributed by atoms with Gasteiger partial charge in [-0.25, -0.2) is 14.4 Å². The topological polar surface area (TPSA) is 114 Å². The summed E-state index contributed by atoms with van der Waals surface area (Å²) in [7, 11) is 0. The van der Waals surface area contributed by atoms with E-state index in [0.717, 1.165) is 35.7 Å². The highest BCUT2D eigenvalue weighted by Gasteiger charge is 2.29. The quantitative estimate of drug-likeness (QED) is 0.453. The van der Waals surface area contributed by atoms with Gasteiger partial charge >= 0.3 is 0 Å². The van der Waals surface area contributed by atoms with Crippen molar-refractivity contribution in [2.45, 2.75) is 10.1 Å². The van der Waals surface area contributed by atoms with Crippen molar-refractivity contribution in [2.75, 3.05) is 0 Å². The number of fused-ring (bicyclic) bond motifs is 1. The van der Waals surface area contributed by atoms with Crippen molar-refractivity contribution in [3.63, 3.8) is 0 Å². The third kappa shape index (κ3) is 3.09. The SMILES string of the molecule is N#CC(C(=O)c1ccc(F)cc1)=C1Sc2nc(C#N)c(C#N)nc2S1. The molecule has 0 fully saturated rings. The fourth-order valence-electron chi connectivity index (χ4n) is 1.93. The Morgan fingerprint density at radius 1 is 0.960 bits per heavy atom. The number of carbonyl (C=O) groups is 1. The Hall–Kier alpha value is -3.19. The molecule has 0 aliphatic carbocycles. The maximum Gasteiger partial charge on any atom is 0.205 e. The fraction of sp³-hybridized carbons (Fsp3) is 0. The molecule has 2 heterocycles. The Bertz CT molecular complexity index is 1010. The molecular formula is C16H4FN5OS2. The molecule has 0 saturated carbocycles. The van der Waals surface area contributed by atoms with E-state index in [2.05, 4.69) is 9.97 Å². The van der Waals surface area contributed by atoms with Crippen LogP contribution < -0.4 is 0 Å². The van der Waals surface area contributed by atoms with E-state index in [0.29, 0.717) is 14.3 Å². The van der Waals surface area contributed by atoms with Crippen molar-refractivity contribution in [3.05, 3.63) is 56.8 Å². The van der Waals surface area contributed by atoms with E-state index in [1.54, 1.807) is 12.1 Å². The summed E-state index contributed by atoms with van der Waals surface area (Å²) in [5.74, 6) is -1.03. The van der Waals surface area contributed by atoms with Crippen LogP contribution in [0.25, 0.3) is 0 Å². The van der Waals surface area contributed by atoms with E-state index < -0.39 is 11.6 Å². The lowest BCUT2D eigenvalue weighted by Gasteiger charge is -2.01. The first-order valence-corrected chi connectivity index (χ1v) is 8.23. The summed E-state index contributed by atoms with van der Waals surface area (Å²) >= 11 is 2.07. The number of ketones is 1. The molecule has 118 valence electrons. The van der Waals surface area contributed by atoms with Gasteiger partial charge in [0, 0.05) is 5.56 Å². The highest BCUT2D eigenvalue weighted by molar-refractivity contribution is 8.24. The first-order chi connectivity index (χ1) is 12.1. The predicted octanol–water partition coefficient (Wildman–Crippen LogP) is 3.17. The van der Waals surface area contributed by atoms with Crippen molar-refractivity contribution < 1.29 is 9.18 Å². The lowest BCUT2D eigenvalue weighted by Crippen LogP contribution is -2.03. The summed E-state index contributed by atoms with van der Waals surface area (Å²) in [6.45, 7) is 0. The highest BCUT2D eigenvalue weighted by atomic mass is 32.2. The van der Waals surface area contributed by atoms with Crippen LogP contribution in [0.15, 0.2) is 44.1 Å². The Kier molecular flexibility index (Phi) is 4.49. The van der Waals surface area contributed by atoms with Crippen LogP contribution in [0.3, 0.4) is 0 Å². The number of nitrogens with zero attached hydrogens (tertiary/aromatic N) is 5. The van der Waals surface area contributed by atoms with Crippen LogP contribution in [0.1, 0.15) is 21.7 Å². The van der Waals surface area contributed by atoms with Gasteiger partial charge in [0.1, 0.15) is 39.6 Å². The molecule has 1 aliphatic rings. The molecule has 1 aromatic heterocycles. The summed E-state index contributed by atoms with van der Waals surface area (Å²) in [6.07, 6.45) is 0. The average molecular weight is 365 g/mol. The van der Waals surface area contributed by atoms with Crippen molar-refractivity contribution >= 4 is 29.3 Å². The third-order valence-corrected chi connectivity index (χ3v) is 5.44. The fourth-order valence-corrected chi connectivity index (χ4v) is 4.19. The van der Waals surface area contributed by atoms with Crippen molar-refractivity contribution in [2.24, 2.45) is 0 Å². The van der Waals surface area contributed by atoms with E-state index in [4.69, 9.17) is 10.5 Å². The molecule has 0 saturated heterocycles. The van der Waals surface area contributed by atoms with Gasteiger partial charge in [-0.2, -0.15) is 15.8 Å². The average Bonchev–Trinajstić information content (AvgIpc) is 3.03. The Labute approximate surface area is 149 Å².